The van der Waals surface area contributed by atoms with Crippen molar-refractivity contribution < 1.29 is 0 Å². The van der Waals surface area contributed by atoms with Crippen molar-refractivity contribution in [1.82, 2.24) is 0 Å². The topological polar surface area (TPSA) is 0 Å². The molecule has 1 aromatic carbocycles. The summed E-state index contributed by atoms with van der Waals surface area (Å²) in [4.78, 5) is 0. The average molecular weight is 116 g/mol. The van der Waals surface area contributed by atoms with Gasteiger partial charge in [0, 0.05) is 0 Å². The van der Waals surface area contributed by atoms with Crippen molar-refractivity contribution in [2.24, 2.45) is 0 Å². The van der Waals surface area contributed by atoms with Gasteiger partial charge in [-0.05, 0) is 31.9 Å². The van der Waals surface area contributed by atoms with E-state index in [1.54, 1.807) is 6.07 Å². The zero-order valence-corrected chi connectivity index (χ0v) is 5.39. The highest BCUT2D eigenvalue weighted by Gasteiger charge is 1.88. The van der Waals surface area contributed by atoms with Crippen LogP contribution in [0.5, 0.6) is 0 Å². The summed E-state index contributed by atoms with van der Waals surface area (Å²) in [5, 5.41) is 0. The first-order valence-corrected chi connectivity index (χ1v) is 2.81. The molecule has 0 aliphatic heterocycles. The lowest BCUT2D eigenvalue weighted by atomic mass is 10.1. The Morgan fingerprint density at radius 2 is 1.44 bits per heavy atom. The van der Waals surface area contributed by atoms with Gasteiger partial charge < -0.3 is 0 Å². The summed E-state index contributed by atoms with van der Waals surface area (Å²) in [5.74, 6) is 0. The molecule has 1 aromatic rings. The maximum Gasteiger partial charge on any atom is -0.00118 e. The summed E-state index contributed by atoms with van der Waals surface area (Å²) < 4.78 is 0. The third kappa shape index (κ3) is 1.56. The Labute approximate surface area is 56.5 Å². The van der Waals surface area contributed by atoms with E-state index in [0.29, 0.717) is 0 Å². The molecule has 0 spiro atoms. The zero-order valence-electron chi connectivity index (χ0n) is 5.39. The van der Waals surface area contributed by atoms with E-state index >= 15 is 0 Å². The average Bonchev–Trinajstić information content (AvgIpc) is 1.59. The van der Waals surface area contributed by atoms with Crippen LogP contribution in [-0.2, 0) is 0 Å². The van der Waals surface area contributed by atoms with E-state index in [-0.39, 0.29) is 0 Å². The predicted molar refractivity (Wildman–Crippen MR) is 38.0 cm³/mol. The summed E-state index contributed by atoms with van der Waals surface area (Å²) in [6.07, 6.45) is 0. The fourth-order valence-corrected chi connectivity index (χ4v) is 0.843. The molecule has 0 aliphatic carbocycles. The smallest absolute Gasteiger partial charge is 0.00118 e. The van der Waals surface area contributed by atoms with Crippen LogP contribution in [-0.4, -0.2) is 0 Å². The lowest BCUT2D eigenvalue weighted by Gasteiger charge is -1.96. The van der Waals surface area contributed by atoms with E-state index in [9.17, 15) is 0 Å². The Morgan fingerprint density at radius 3 is 1.78 bits per heavy atom. The van der Waals surface area contributed by atoms with Gasteiger partial charge in [0.15, 0.2) is 0 Å². The van der Waals surface area contributed by atoms with Crippen molar-refractivity contribution in [1.29, 1.82) is 0 Å². The molecule has 0 saturated heterocycles. The van der Waals surface area contributed by atoms with Gasteiger partial charge in [-0.25, -0.2) is 0 Å². The monoisotopic (exact) mass is 116 g/mol. The molecule has 0 bridgehead atoms. The standard InChI is InChI=1S/C9H8/c1-7-4-8(2)6-9(3)5-7/h1-2,4-6H,3H3. The van der Waals surface area contributed by atoms with Crippen LogP contribution in [0.1, 0.15) is 16.7 Å². The maximum atomic E-state index is 5.48. The minimum absolute atomic E-state index is 0.729. The highest BCUT2D eigenvalue weighted by Crippen LogP contribution is 2.06. The van der Waals surface area contributed by atoms with Crippen LogP contribution in [0.15, 0.2) is 18.2 Å². The molecule has 9 heavy (non-hydrogen) atoms. The third-order valence-electron chi connectivity index (χ3n) is 1.12. The van der Waals surface area contributed by atoms with E-state index in [1.807, 2.05) is 19.1 Å². The molecule has 0 heteroatoms. The highest BCUT2D eigenvalue weighted by molar-refractivity contribution is 5.32. The lowest BCUT2D eigenvalue weighted by molar-refractivity contribution is 1.41. The van der Waals surface area contributed by atoms with E-state index in [4.69, 9.17) is 13.8 Å². The summed E-state index contributed by atoms with van der Waals surface area (Å²) in [6, 6.07) is 5.51. The van der Waals surface area contributed by atoms with E-state index in [1.165, 1.54) is 0 Å². The SMILES string of the molecule is [CH]c1cc([CH])cc(C)c1. The molecule has 44 valence electrons. The van der Waals surface area contributed by atoms with Crippen molar-refractivity contribution in [3.05, 3.63) is 48.7 Å². The molecular weight excluding hydrogens is 108 g/mol. The summed E-state index contributed by atoms with van der Waals surface area (Å²) >= 11 is 0. The molecule has 0 N–H and O–H groups in total. The molecule has 4 radical (unpaired) electrons. The largest absolute Gasteiger partial charge is 0.0558 e. The lowest BCUT2D eigenvalue weighted by Crippen LogP contribution is -1.78. The molecule has 0 fully saturated rings. The third-order valence-corrected chi connectivity index (χ3v) is 1.12. The molecule has 0 heterocycles. The van der Waals surface area contributed by atoms with Crippen molar-refractivity contribution >= 4 is 0 Å². The van der Waals surface area contributed by atoms with Crippen LogP contribution in [0.25, 0.3) is 0 Å². The quantitative estimate of drug-likeness (QED) is 0.487. The predicted octanol–water partition coefficient (Wildman–Crippen LogP) is 2.11. The van der Waals surface area contributed by atoms with Crippen LogP contribution < -0.4 is 0 Å². The Morgan fingerprint density at radius 1 is 1.00 bits per heavy atom. The highest BCUT2D eigenvalue weighted by atomic mass is 13.9. The van der Waals surface area contributed by atoms with Crippen molar-refractivity contribution in [3.8, 4) is 0 Å². The van der Waals surface area contributed by atoms with E-state index < -0.39 is 0 Å². The number of hydrogen-bond acceptors (Lipinski definition) is 0. The molecule has 0 saturated carbocycles. The minimum Gasteiger partial charge on any atom is -0.0558 e. The molecule has 0 unspecified atom stereocenters. The first kappa shape index (κ1) is 6.34. The minimum atomic E-state index is 0.729. The molecule has 0 aromatic heterocycles. The zero-order chi connectivity index (χ0) is 6.85. The van der Waals surface area contributed by atoms with Crippen molar-refractivity contribution in [2.45, 2.75) is 6.92 Å². The Hall–Kier alpha value is -0.780. The van der Waals surface area contributed by atoms with Crippen molar-refractivity contribution in [3.63, 3.8) is 0 Å². The Kier molecular flexibility index (Phi) is 1.56. The first-order valence-electron chi connectivity index (χ1n) is 2.81. The maximum absolute atomic E-state index is 5.48. The van der Waals surface area contributed by atoms with Gasteiger partial charge in [0.1, 0.15) is 0 Å². The first-order chi connectivity index (χ1) is 4.18. The number of aryl methyl sites for hydroxylation is 1. The van der Waals surface area contributed by atoms with Gasteiger partial charge in [0.25, 0.3) is 0 Å². The second-order valence-corrected chi connectivity index (χ2v) is 2.18. The van der Waals surface area contributed by atoms with E-state index in [2.05, 4.69) is 0 Å². The molecule has 0 amide bonds. The summed E-state index contributed by atoms with van der Waals surface area (Å²) in [6.45, 7) is 12.9. The van der Waals surface area contributed by atoms with Gasteiger partial charge in [-0.15, -0.1) is 0 Å². The van der Waals surface area contributed by atoms with Gasteiger partial charge >= 0.3 is 0 Å². The van der Waals surface area contributed by atoms with E-state index in [0.717, 1.165) is 16.7 Å². The van der Waals surface area contributed by atoms with Crippen LogP contribution in [0.2, 0.25) is 0 Å². The molecule has 0 nitrogen and oxygen atoms in total. The Bertz CT molecular complexity index is 161. The van der Waals surface area contributed by atoms with Crippen LogP contribution in [0, 0.1) is 20.8 Å². The fraction of sp³-hybridized carbons (Fsp3) is 0.111. The van der Waals surface area contributed by atoms with Crippen LogP contribution in [0.3, 0.4) is 0 Å². The van der Waals surface area contributed by atoms with Gasteiger partial charge in [-0.3, -0.25) is 0 Å². The van der Waals surface area contributed by atoms with Crippen LogP contribution >= 0.6 is 0 Å². The molecule has 0 aliphatic rings. The summed E-state index contributed by atoms with van der Waals surface area (Å²) in [5.41, 5.74) is 2.56. The number of benzene rings is 1. The molecule has 0 atom stereocenters. The van der Waals surface area contributed by atoms with Gasteiger partial charge in [-0.2, -0.15) is 0 Å². The van der Waals surface area contributed by atoms with Crippen molar-refractivity contribution in [2.75, 3.05) is 0 Å². The summed E-state index contributed by atoms with van der Waals surface area (Å²) in [7, 11) is 0. The molecular formula is C9H8. The van der Waals surface area contributed by atoms with Gasteiger partial charge in [-0.1, -0.05) is 23.8 Å². The number of hydrogen-bond donors (Lipinski definition) is 0. The second kappa shape index (κ2) is 2.22. The fourth-order valence-electron chi connectivity index (χ4n) is 0.843. The second-order valence-electron chi connectivity index (χ2n) is 2.18. The molecule has 1 rings (SSSR count). The van der Waals surface area contributed by atoms with Crippen LogP contribution in [0.4, 0.5) is 0 Å². The Balaban J connectivity index is 3.17. The van der Waals surface area contributed by atoms with Gasteiger partial charge in [0.2, 0.25) is 0 Å². The normalized spacial score (nSPS) is 9.67. The van der Waals surface area contributed by atoms with Gasteiger partial charge in [0.05, 0.1) is 0 Å². The number of rotatable bonds is 0.